The average molecular weight is 300 g/mol. The van der Waals surface area contributed by atoms with E-state index in [9.17, 15) is 4.79 Å². The van der Waals surface area contributed by atoms with E-state index >= 15 is 0 Å². The van der Waals surface area contributed by atoms with E-state index in [1.54, 1.807) is 24.3 Å². The first kappa shape index (κ1) is 15.9. The SMILES string of the molecule is CCOc1ccc(C=C(C#N)C(=O)NC2CC2)cc1OCC. The van der Waals surface area contributed by atoms with E-state index in [0.717, 1.165) is 18.4 Å². The smallest absolute Gasteiger partial charge is 0.262 e. The number of ether oxygens (including phenoxy) is 2. The number of nitrogens with zero attached hydrogens (tertiary/aromatic N) is 1. The van der Waals surface area contributed by atoms with Crippen LogP contribution in [0.4, 0.5) is 0 Å². The number of nitriles is 1. The van der Waals surface area contributed by atoms with Crippen molar-refractivity contribution in [2.45, 2.75) is 32.7 Å². The molecule has 1 aliphatic rings. The molecular weight excluding hydrogens is 280 g/mol. The maximum atomic E-state index is 12.0. The van der Waals surface area contributed by atoms with Gasteiger partial charge in [-0.3, -0.25) is 4.79 Å². The highest BCUT2D eigenvalue weighted by molar-refractivity contribution is 6.02. The Morgan fingerprint density at radius 1 is 1.32 bits per heavy atom. The quantitative estimate of drug-likeness (QED) is 0.621. The molecule has 1 saturated carbocycles. The number of amides is 1. The molecule has 1 aliphatic carbocycles. The number of rotatable bonds is 7. The minimum Gasteiger partial charge on any atom is -0.490 e. The number of nitrogens with one attached hydrogen (secondary N) is 1. The molecule has 1 aromatic rings. The molecule has 0 saturated heterocycles. The summed E-state index contributed by atoms with van der Waals surface area (Å²) in [6.07, 6.45) is 3.54. The summed E-state index contributed by atoms with van der Waals surface area (Å²) in [5.41, 5.74) is 0.827. The fourth-order valence-electron chi connectivity index (χ4n) is 1.96. The first-order chi connectivity index (χ1) is 10.7. The molecule has 1 aromatic carbocycles. The van der Waals surface area contributed by atoms with Crippen LogP contribution in [0.5, 0.6) is 11.5 Å². The summed E-state index contributed by atoms with van der Waals surface area (Å²) in [7, 11) is 0. The van der Waals surface area contributed by atoms with Crippen LogP contribution in [0.2, 0.25) is 0 Å². The van der Waals surface area contributed by atoms with Gasteiger partial charge >= 0.3 is 0 Å². The number of benzene rings is 1. The van der Waals surface area contributed by atoms with E-state index in [1.807, 2.05) is 19.9 Å². The van der Waals surface area contributed by atoms with Crippen LogP contribution in [0.15, 0.2) is 23.8 Å². The van der Waals surface area contributed by atoms with Gasteiger partial charge in [-0.1, -0.05) is 6.07 Å². The van der Waals surface area contributed by atoms with Gasteiger partial charge < -0.3 is 14.8 Å². The molecule has 0 spiro atoms. The van der Waals surface area contributed by atoms with Crippen LogP contribution in [0.25, 0.3) is 6.08 Å². The zero-order valence-electron chi connectivity index (χ0n) is 12.9. The highest BCUT2D eigenvalue weighted by atomic mass is 16.5. The van der Waals surface area contributed by atoms with Crippen molar-refractivity contribution < 1.29 is 14.3 Å². The number of hydrogen-bond acceptors (Lipinski definition) is 4. The lowest BCUT2D eigenvalue weighted by atomic mass is 10.1. The Kier molecular flexibility index (Phi) is 5.42. The predicted octanol–water partition coefficient (Wildman–Crippen LogP) is 2.67. The molecule has 116 valence electrons. The second-order valence-electron chi connectivity index (χ2n) is 4.99. The van der Waals surface area contributed by atoms with Crippen LogP contribution >= 0.6 is 0 Å². The Balaban J connectivity index is 2.22. The van der Waals surface area contributed by atoms with Gasteiger partial charge in [0.1, 0.15) is 11.6 Å². The van der Waals surface area contributed by atoms with Gasteiger partial charge in [0.15, 0.2) is 11.5 Å². The Bertz CT molecular complexity index is 613. The van der Waals surface area contributed by atoms with Crippen molar-refractivity contribution >= 4 is 12.0 Å². The minimum atomic E-state index is -0.322. The first-order valence-electron chi connectivity index (χ1n) is 7.50. The van der Waals surface area contributed by atoms with Crippen LogP contribution in [0, 0.1) is 11.3 Å². The third kappa shape index (κ3) is 4.26. The lowest BCUT2D eigenvalue weighted by Gasteiger charge is -2.11. The van der Waals surface area contributed by atoms with Gasteiger partial charge in [0.05, 0.1) is 13.2 Å². The monoisotopic (exact) mass is 300 g/mol. The topological polar surface area (TPSA) is 71.3 Å². The largest absolute Gasteiger partial charge is 0.490 e. The third-order valence-corrected chi connectivity index (χ3v) is 3.16. The fourth-order valence-corrected chi connectivity index (χ4v) is 1.96. The van der Waals surface area contributed by atoms with E-state index < -0.39 is 0 Å². The van der Waals surface area contributed by atoms with E-state index in [-0.39, 0.29) is 17.5 Å². The number of hydrogen-bond donors (Lipinski definition) is 1. The molecule has 5 heteroatoms. The van der Waals surface area contributed by atoms with Crippen molar-refractivity contribution in [1.82, 2.24) is 5.32 Å². The normalized spacial score (nSPS) is 14.1. The molecule has 0 aliphatic heterocycles. The summed E-state index contributed by atoms with van der Waals surface area (Å²) in [5, 5.41) is 12.0. The highest BCUT2D eigenvalue weighted by Crippen LogP contribution is 2.29. The van der Waals surface area contributed by atoms with Crippen molar-refractivity contribution in [3.8, 4) is 17.6 Å². The maximum absolute atomic E-state index is 12.0. The molecule has 0 radical (unpaired) electrons. The summed E-state index contributed by atoms with van der Waals surface area (Å²) >= 11 is 0. The van der Waals surface area contributed by atoms with Crippen molar-refractivity contribution in [1.29, 1.82) is 5.26 Å². The minimum absolute atomic E-state index is 0.0958. The summed E-state index contributed by atoms with van der Waals surface area (Å²) in [6.45, 7) is 4.85. The summed E-state index contributed by atoms with van der Waals surface area (Å²) in [6, 6.07) is 7.54. The first-order valence-corrected chi connectivity index (χ1v) is 7.50. The van der Waals surface area contributed by atoms with Gasteiger partial charge in [-0.15, -0.1) is 0 Å². The summed E-state index contributed by atoms with van der Waals surface area (Å²) in [5.74, 6) is 0.942. The maximum Gasteiger partial charge on any atom is 0.262 e. The Morgan fingerprint density at radius 2 is 2.00 bits per heavy atom. The summed E-state index contributed by atoms with van der Waals surface area (Å²) < 4.78 is 11.0. The molecule has 0 atom stereocenters. The molecule has 1 amide bonds. The molecule has 0 aromatic heterocycles. The van der Waals surface area contributed by atoms with Crippen molar-refractivity contribution in [3.05, 3.63) is 29.3 Å². The molecular formula is C17H20N2O3. The second kappa shape index (κ2) is 7.51. The fraction of sp³-hybridized carbons (Fsp3) is 0.412. The molecule has 0 heterocycles. The molecule has 2 rings (SSSR count). The van der Waals surface area contributed by atoms with Gasteiger partial charge in [0.25, 0.3) is 5.91 Å². The third-order valence-electron chi connectivity index (χ3n) is 3.16. The standard InChI is InChI=1S/C17H20N2O3/c1-3-21-15-8-5-12(10-16(15)22-4-2)9-13(11-18)17(20)19-14-6-7-14/h5,8-10,14H,3-4,6-7H2,1-2H3,(H,19,20). The lowest BCUT2D eigenvalue weighted by Crippen LogP contribution is -2.26. The lowest BCUT2D eigenvalue weighted by molar-refractivity contribution is -0.117. The summed E-state index contributed by atoms with van der Waals surface area (Å²) in [4.78, 5) is 12.0. The van der Waals surface area contributed by atoms with Crippen LogP contribution in [0.3, 0.4) is 0 Å². The Labute approximate surface area is 130 Å². The van der Waals surface area contributed by atoms with E-state index in [0.29, 0.717) is 24.7 Å². The zero-order valence-corrected chi connectivity index (χ0v) is 12.9. The van der Waals surface area contributed by atoms with Gasteiger partial charge in [-0.2, -0.15) is 5.26 Å². The molecule has 1 fully saturated rings. The van der Waals surface area contributed by atoms with Crippen molar-refractivity contribution in [2.75, 3.05) is 13.2 Å². The van der Waals surface area contributed by atoms with Crippen LogP contribution in [-0.2, 0) is 4.79 Å². The van der Waals surface area contributed by atoms with Crippen molar-refractivity contribution in [3.63, 3.8) is 0 Å². The van der Waals surface area contributed by atoms with Crippen LogP contribution < -0.4 is 14.8 Å². The van der Waals surface area contributed by atoms with E-state index in [4.69, 9.17) is 14.7 Å². The molecule has 0 bridgehead atoms. The zero-order chi connectivity index (χ0) is 15.9. The average Bonchev–Trinajstić information content (AvgIpc) is 3.31. The van der Waals surface area contributed by atoms with Crippen LogP contribution in [0.1, 0.15) is 32.3 Å². The number of carbonyl (C=O) groups excluding carboxylic acids is 1. The Morgan fingerprint density at radius 3 is 2.59 bits per heavy atom. The van der Waals surface area contributed by atoms with Gasteiger partial charge in [-0.05, 0) is 50.5 Å². The van der Waals surface area contributed by atoms with Gasteiger partial charge in [0.2, 0.25) is 0 Å². The molecule has 5 nitrogen and oxygen atoms in total. The Hall–Kier alpha value is -2.48. The second-order valence-corrected chi connectivity index (χ2v) is 4.99. The van der Waals surface area contributed by atoms with Gasteiger partial charge in [-0.25, -0.2) is 0 Å². The predicted molar refractivity (Wildman–Crippen MR) is 83.5 cm³/mol. The van der Waals surface area contributed by atoms with Crippen molar-refractivity contribution in [2.24, 2.45) is 0 Å². The molecule has 1 N–H and O–H groups in total. The molecule has 0 unspecified atom stereocenters. The number of carbonyl (C=O) groups is 1. The van der Waals surface area contributed by atoms with Gasteiger partial charge in [0, 0.05) is 6.04 Å². The highest BCUT2D eigenvalue weighted by Gasteiger charge is 2.24. The van der Waals surface area contributed by atoms with Crippen LogP contribution in [-0.4, -0.2) is 25.2 Å². The van der Waals surface area contributed by atoms with E-state index in [2.05, 4.69) is 5.32 Å². The molecule has 22 heavy (non-hydrogen) atoms. The van der Waals surface area contributed by atoms with E-state index in [1.165, 1.54) is 0 Å².